The van der Waals surface area contributed by atoms with Crippen LogP contribution in [0.3, 0.4) is 0 Å². The van der Waals surface area contributed by atoms with Crippen molar-refractivity contribution in [1.29, 1.82) is 10.5 Å². The number of hydrogen-bond acceptors (Lipinski definition) is 7. The molecule has 29 heavy (non-hydrogen) atoms. The van der Waals surface area contributed by atoms with E-state index in [4.69, 9.17) is 5.73 Å². The summed E-state index contributed by atoms with van der Waals surface area (Å²) >= 11 is 0. The number of anilines is 1. The first-order chi connectivity index (χ1) is 13.9. The van der Waals surface area contributed by atoms with Crippen LogP contribution < -0.4 is 5.73 Å². The van der Waals surface area contributed by atoms with Crippen molar-refractivity contribution >= 4 is 17.1 Å². The number of rotatable bonds is 4. The number of nitriles is 2. The fourth-order valence-corrected chi connectivity index (χ4v) is 2.97. The fourth-order valence-electron chi connectivity index (χ4n) is 2.97. The van der Waals surface area contributed by atoms with Crippen LogP contribution in [0.5, 0.6) is 0 Å². The van der Waals surface area contributed by atoms with Gasteiger partial charge in [0.05, 0.1) is 26.7 Å². The Bertz CT molecular complexity index is 1160. The number of hydrogen-bond donors (Lipinski definition) is 1. The second-order valence-electron chi connectivity index (χ2n) is 5.97. The summed E-state index contributed by atoms with van der Waals surface area (Å²) in [5, 5.41) is 41.4. The summed E-state index contributed by atoms with van der Waals surface area (Å²) in [6.45, 7) is 0. The van der Waals surface area contributed by atoms with Gasteiger partial charge in [0, 0.05) is 35.4 Å². The first-order valence-corrected chi connectivity index (χ1v) is 8.13. The smallest absolute Gasteiger partial charge is 0.270 e. The van der Waals surface area contributed by atoms with Crippen LogP contribution >= 0.6 is 0 Å². The first-order valence-electron chi connectivity index (χ1n) is 8.13. The molecule has 0 heterocycles. The maximum Gasteiger partial charge on any atom is 0.270 e. The minimum atomic E-state index is -0.565. The van der Waals surface area contributed by atoms with Gasteiger partial charge in [0.1, 0.15) is 12.1 Å². The minimum Gasteiger partial charge on any atom is -0.397 e. The molecule has 0 saturated carbocycles. The molecule has 0 aliphatic heterocycles. The fraction of sp³-hybridized carbons (Fsp3) is 0. The van der Waals surface area contributed by atoms with E-state index in [9.17, 15) is 30.8 Å². The minimum absolute atomic E-state index is 0.00349. The number of nitrogens with two attached hydrogens (primary N) is 1. The summed E-state index contributed by atoms with van der Waals surface area (Å²) in [7, 11) is 0. The second kappa shape index (κ2) is 7.47. The lowest BCUT2D eigenvalue weighted by Crippen LogP contribution is -2.01. The Morgan fingerprint density at radius 2 is 1.17 bits per heavy atom. The molecule has 0 amide bonds. The van der Waals surface area contributed by atoms with Crippen LogP contribution in [-0.4, -0.2) is 9.85 Å². The van der Waals surface area contributed by atoms with Gasteiger partial charge >= 0.3 is 0 Å². The van der Waals surface area contributed by atoms with Crippen LogP contribution in [0, 0.1) is 42.9 Å². The van der Waals surface area contributed by atoms with E-state index in [2.05, 4.69) is 0 Å². The molecule has 0 atom stereocenters. The molecule has 3 aromatic rings. The summed E-state index contributed by atoms with van der Waals surface area (Å²) in [6.07, 6.45) is 0. The average molecular weight is 385 g/mol. The molecule has 0 bridgehead atoms. The highest BCUT2D eigenvalue weighted by molar-refractivity contribution is 5.89. The predicted molar refractivity (Wildman–Crippen MR) is 104 cm³/mol. The largest absolute Gasteiger partial charge is 0.397 e. The third-order valence-electron chi connectivity index (χ3n) is 4.33. The van der Waals surface area contributed by atoms with Crippen molar-refractivity contribution in [3.63, 3.8) is 0 Å². The van der Waals surface area contributed by atoms with Gasteiger partial charge in [-0.1, -0.05) is 24.3 Å². The zero-order chi connectivity index (χ0) is 21.1. The zero-order valence-electron chi connectivity index (χ0n) is 14.7. The van der Waals surface area contributed by atoms with E-state index in [1.807, 2.05) is 12.1 Å². The lowest BCUT2D eigenvalue weighted by atomic mass is 9.89. The Hall–Kier alpha value is -4.76. The van der Waals surface area contributed by atoms with Crippen molar-refractivity contribution in [2.24, 2.45) is 0 Å². The van der Waals surface area contributed by atoms with Gasteiger partial charge in [0.2, 0.25) is 0 Å². The van der Waals surface area contributed by atoms with Gasteiger partial charge < -0.3 is 5.73 Å². The Balaban J connectivity index is 2.35. The number of nitrogen functional groups attached to an aromatic ring is 1. The second-order valence-corrected chi connectivity index (χ2v) is 5.97. The maximum atomic E-state index is 11.1. The van der Waals surface area contributed by atoms with E-state index in [1.54, 1.807) is 12.1 Å². The first kappa shape index (κ1) is 19.0. The number of nitro groups is 2. The average Bonchev–Trinajstić information content (AvgIpc) is 2.73. The van der Waals surface area contributed by atoms with Crippen molar-refractivity contribution in [3.05, 3.63) is 86.0 Å². The molecule has 3 aromatic carbocycles. The molecule has 0 unspecified atom stereocenters. The summed E-state index contributed by atoms with van der Waals surface area (Å²) in [5.41, 5.74) is 6.90. The highest BCUT2D eigenvalue weighted by Crippen LogP contribution is 2.38. The van der Waals surface area contributed by atoms with Gasteiger partial charge in [-0.05, 0) is 17.2 Å². The molecule has 9 heteroatoms. The van der Waals surface area contributed by atoms with Crippen LogP contribution in [0.2, 0.25) is 0 Å². The van der Waals surface area contributed by atoms with E-state index >= 15 is 0 Å². The van der Waals surface area contributed by atoms with Crippen molar-refractivity contribution in [2.75, 3.05) is 5.73 Å². The van der Waals surface area contributed by atoms with Gasteiger partial charge in [0.15, 0.2) is 0 Å². The van der Waals surface area contributed by atoms with Crippen LogP contribution in [0.25, 0.3) is 22.3 Å². The van der Waals surface area contributed by atoms with Gasteiger partial charge in [-0.15, -0.1) is 0 Å². The Morgan fingerprint density at radius 1 is 0.759 bits per heavy atom. The lowest BCUT2D eigenvalue weighted by molar-refractivity contribution is -0.385. The van der Waals surface area contributed by atoms with Crippen molar-refractivity contribution in [3.8, 4) is 34.4 Å². The standard InChI is InChI=1S/C20H11N5O4/c21-10-18-16(12-3-1-5-14(7-12)24(26)27)9-17(19(11-22)20(18)23)13-4-2-6-15(8-13)25(28)29/h1-9H,23H2. The normalized spacial score (nSPS) is 10.0. The Labute approximate surface area is 164 Å². The van der Waals surface area contributed by atoms with E-state index in [-0.39, 0.29) is 39.3 Å². The third kappa shape index (κ3) is 3.44. The number of nitro benzene ring substituents is 2. The molecule has 9 nitrogen and oxygen atoms in total. The van der Waals surface area contributed by atoms with Gasteiger partial charge in [-0.3, -0.25) is 20.2 Å². The molecule has 0 fully saturated rings. The van der Waals surface area contributed by atoms with Crippen LogP contribution in [0.4, 0.5) is 17.1 Å². The third-order valence-corrected chi connectivity index (χ3v) is 4.33. The molecule has 0 spiro atoms. The highest BCUT2D eigenvalue weighted by atomic mass is 16.6. The van der Waals surface area contributed by atoms with E-state index in [1.165, 1.54) is 42.5 Å². The van der Waals surface area contributed by atoms with Crippen LogP contribution in [0.1, 0.15) is 11.1 Å². The maximum absolute atomic E-state index is 11.1. The molecule has 3 rings (SSSR count). The lowest BCUT2D eigenvalue weighted by Gasteiger charge is -2.14. The van der Waals surface area contributed by atoms with Gasteiger partial charge in [-0.25, -0.2) is 0 Å². The molecule has 0 saturated heterocycles. The summed E-state index contributed by atoms with van der Waals surface area (Å²) < 4.78 is 0. The molecule has 140 valence electrons. The molecular formula is C20H11N5O4. The topological polar surface area (TPSA) is 160 Å². The van der Waals surface area contributed by atoms with Crippen LogP contribution in [-0.2, 0) is 0 Å². The molecule has 0 aromatic heterocycles. The highest BCUT2D eigenvalue weighted by Gasteiger charge is 2.20. The summed E-state index contributed by atoms with van der Waals surface area (Å²) in [6, 6.07) is 16.7. The van der Waals surface area contributed by atoms with E-state index < -0.39 is 9.85 Å². The number of benzene rings is 3. The zero-order valence-corrected chi connectivity index (χ0v) is 14.7. The summed E-state index contributed by atoms with van der Waals surface area (Å²) in [4.78, 5) is 21.1. The molecule has 0 aliphatic rings. The number of nitrogens with zero attached hydrogens (tertiary/aromatic N) is 4. The van der Waals surface area contributed by atoms with Crippen molar-refractivity contribution < 1.29 is 9.85 Å². The van der Waals surface area contributed by atoms with Crippen LogP contribution in [0.15, 0.2) is 54.6 Å². The Morgan fingerprint density at radius 3 is 1.52 bits per heavy atom. The molecule has 0 radical (unpaired) electrons. The predicted octanol–water partition coefficient (Wildman–Crippen LogP) is 4.16. The monoisotopic (exact) mass is 385 g/mol. The van der Waals surface area contributed by atoms with Crippen molar-refractivity contribution in [2.45, 2.75) is 0 Å². The van der Waals surface area contributed by atoms with E-state index in [0.29, 0.717) is 11.1 Å². The Kier molecular flexibility index (Phi) is 4.89. The molecular weight excluding hydrogens is 374 g/mol. The number of non-ortho nitro benzene ring substituents is 2. The molecule has 2 N–H and O–H groups in total. The van der Waals surface area contributed by atoms with Crippen molar-refractivity contribution in [1.82, 2.24) is 0 Å². The summed E-state index contributed by atoms with van der Waals surface area (Å²) in [5.74, 6) is 0. The van der Waals surface area contributed by atoms with E-state index in [0.717, 1.165) is 0 Å². The quantitative estimate of drug-likeness (QED) is 0.400. The van der Waals surface area contributed by atoms with Gasteiger partial charge in [-0.2, -0.15) is 10.5 Å². The van der Waals surface area contributed by atoms with Gasteiger partial charge in [0.25, 0.3) is 11.4 Å². The molecule has 0 aliphatic carbocycles. The SMILES string of the molecule is N#Cc1c(-c2cccc([N+](=O)[O-])c2)cc(-c2cccc([N+](=O)[O-])c2)c(C#N)c1N.